The Morgan fingerprint density at radius 1 is 1.56 bits per heavy atom. The molecule has 0 spiro atoms. The molecule has 0 heterocycles. The first-order chi connectivity index (χ1) is 7.61. The third-order valence-corrected chi connectivity index (χ3v) is 2.87. The number of hydrogen-bond acceptors (Lipinski definition) is 5. The van der Waals surface area contributed by atoms with Crippen LogP contribution in [0.15, 0.2) is 0 Å². The fourth-order valence-electron chi connectivity index (χ4n) is 0.897. The number of aliphatic carboxylic acids is 1. The van der Waals surface area contributed by atoms with Crippen molar-refractivity contribution in [1.82, 2.24) is 5.32 Å². The largest absolute Gasteiger partial charge is 0.480 e. The van der Waals surface area contributed by atoms with Crippen molar-refractivity contribution in [3.63, 3.8) is 0 Å². The van der Waals surface area contributed by atoms with Crippen molar-refractivity contribution >= 4 is 24.1 Å². The highest BCUT2D eigenvalue weighted by molar-refractivity contribution is 7.99. The summed E-state index contributed by atoms with van der Waals surface area (Å²) >= 11 is 1.26. The van der Waals surface area contributed by atoms with Gasteiger partial charge in [-0.2, -0.15) is 11.8 Å². The van der Waals surface area contributed by atoms with Crippen LogP contribution >= 0.6 is 11.8 Å². The molecule has 3 N–H and O–H groups in total. The highest BCUT2D eigenvalue weighted by Crippen LogP contribution is 2.06. The Balaban J connectivity index is 3.68. The lowest BCUT2D eigenvalue weighted by atomic mass is 10.3. The van der Waals surface area contributed by atoms with E-state index < -0.39 is 18.1 Å². The summed E-state index contributed by atoms with van der Waals surface area (Å²) in [6, 6.07) is -0.915. The summed E-state index contributed by atoms with van der Waals surface area (Å²) in [5.41, 5.74) is 0. The minimum atomic E-state index is -1.08. The van der Waals surface area contributed by atoms with Gasteiger partial charge in [0.25, 0.3) is 0 Å². The van der Waals surface area contributed by atoms with E-state index in [2.05, 4.69) is 5.32 Å². The van der Waals surface area contributed by atoms with Gasteiger partial charge in [-0.1, -0.05) is 0 Å². The normalized spacial score (nSPS) is 14.1. The van der Waals surface area contributed by atoms with Crippen molar-refractivity contribution in [1.29, 1.82) is 0 Å². The van der Waals surface area contributed by atoms with Gasteiger partial charge >= 0.3 is 5.97 Å². The number of nitrogens with one attached hydrogen (secondary N) is 1. The molecule has 0 bridgehead atoms. The highest BCUT2D eigenvalue weighted by Gasteiger charge is 2.16. The van der Waals surface area contributed by atoms with E-state index in [4.69, 9.17) is 9.84 Å². The van der Waals surface area contributed by atoms with E-state index in [0.29, 0.717) is 18.8 Å². The van der Waals surface area contributed by atoms with Gasteiger partial charge in [-0.25, -0.2) is 4.79 Å². The van der Waals surface area contributed by atoms with E-state index in [1.807, 2.05) is 6.92 Å². The fourth-order valence-corrected chi connectivity index (χ4v) is 1.88. The number of hydrogen-bond donors (Lipinski definition) is 3. The summed E-state index contributed by atoms with van der Waals surface area (Å²) in [6.07, 6.45) is -0.258. The molecule has 2 atom stereocenters. The van der Waals surface area contributed by atoms with Gasteiger partial charge in [-0.3, -0.25) is 4.79 Å². The molecule has 0 saturated carbocycles. The van der Waals surface area contributed by atoms with Gasteiger partial charge in [-0.05, 0) is 6.92 Å². The number of carboxylic acids is 1. The summed E-state index contributed by atoms with van der Waals surface area (Å²) in [7, 11) is 0. The Morgan fingerprint density at radius 3 is 2.75 bits per heavy atom. The molecule has 0 aromatic heterocycles. The molecule has 2 unspecified atom stereocenters. The van der Waals surface area contributed by atoms with Crippen molar-refractivity contribution < 1.29 is 24.5 Å². The van der Waals surface area contributed by atoms with E-state index in [1.54, 1.807) is 0 Å². The lowest BCUT2D eigenvalue weighted by Gasteiger charge is -2.13. The third kappa shape index (κ3) is 7.49. The molecule has 0 saturated heterocycles. The van der Waals surface area contributed by atoms with Gasteiger partial charge in [-0.15, -0.1) is 0 Å². The van der Waals surface area contributed by atoms with Crippen LogP contribution < -0.4 is 5.32 Å². The summed E-state index contributed by atoms with van der Waals surface area (Å²) in [5.74, 6) is -0.486. The topological polar surface area (TPSA) is 95.9 Å². The maximum Gasteiger partial charge on any atom is 0.327 e. The number of aliphatic hydroxyl groups is 1. The first-order valence-corrected chi connectivity index (χ1v) is 6.03. The lowest BCUT2D eigenvalue weighted by molar-refractivity contribution is -0.139. The van der Waals surface area contributed by atoms with Gasteiger partial charge in [0.1, 0.15) is 6.04 Å². The highest BCUT2D eigenvalue weighted by atomic mass is 32.2. The van der Waals surface area contributed by atoms with Crippen LogP contribution in [0.4, 0.5) is 0 Å². The monoisotopic (exact) mass is 251 g/mol. The number of rotatable bonds is 10. The molecule has 0 radical (unpaired) electrons. The summed E-state index contributed by atoms with van der Waals surface area (Å²) in [6.45, 7) is 2.60. The van der Waals surface area contributed by atoms with Crippen LogP contribution in [0.25, 0.3) is 0 Å². The molecule has 7 heteroatoms. The molecule has 0 aliphatic carbocycles. The van der Waals surface area contributed by atoms with E-state index in [0.717, 1.165) is 0 Å². The maximum absolute atomic E-state index is 10.6. The van der Waals surface area contributed by atoms with Gasteiger partial charge in [0, 0.05) is 18.1 Å². The number of carbonyl (C=O) groups is 2. The van der Waals surface area contributed by atoms with Gasteiger partial charge in [0.15, 0.2) is 0 Å². The first-order valence-electron chi connectivity index (χ1n) is 4.87. The van der Waals surface area contributed by atoms with E-state index in [-0.39, 0.29) is 12.4 Å². The zero-order valence-corrected chi connectivity index (χ0v) is 9.90. The van der Waals surface area contributed by atoms with Crippen LogP contribution in [-0.4, -0.2) is 59.5 Å². The predicted molar refractivity (Wildman–Crippen MR) is 60.4 cm³/mol. The number of aliphatic hydroxyl groups excluding tert-OH is 1. The molecular weight excluding hydrogens is 234 g/mol. The molecule has 6 nitrogen and oxygen atoms in total. The molecule has 0 fully saturated rings. The third-order valence-electron chi connectivity index (χ3n) is 1.68. The number of amides is 1. The average molecular weight is 251 g/mol. The number of thioether (sulfide) groups is 1. The number of carbonyl (C=O) groups excluding carboxylic acids is 1. The smallest absolute Gasteiger partial charge is 0.327 e. The van der Waals surface area contributed by atoms with Crippen molar-refractivity contribution in [2.75, 3.05) is 24.7 Å². The molecular formula is C9H17NO5S. The predicted octanol–water partition coefficient (Wildman–Crippen LogP) is -0.684. The number of carboxylic acid groups (broad SMARTS) is 1. The molecule has 0 aromatic carbocycles. The Labute approximate surface area is 98.4 Å². The van der Waals surface area contributed by atoms with Crippen molar-refractivity contribution in [2.24, 2.45) is 0 Å². The SMILES string of the molecule is CCOCC(O)CSCC(NC=O)C(=O)O. The zero-order valence-electron chi connectivity index (χ0n) is 9.09. The zero-order chi connectivity index (χ0) is 12.4. The Kier molecular flexibility index (Phi) is 8.97. The fraction of sp³-hybridized carbons (Fsp3) is 0.778. The molecule has 0 aliphatic heterocycles. The second-order valence-corrected chi connectivity index (χ2v) is 4.10. The average Bonchev–Trinajstić information content (AvgIpc) is 2.25. The minimum absolute atomic E-state index is 0.220. The molecule has 94 valence electrons. The van der Waals surface area contributed by atoms with Crippen LogP contribution in [0, 0.1) is 0 Å². The van der Waals surface area contributed by atoms with Crippen LogP contribution in [-0.2, 0) is 14.3 Å². The van der Waals surface area contributed by atoms with Crippen LogP contribution in [0.2, 0.25) is 0 Å². The molecule has 16 heavy (non-hydrogen) atoms. The molecule has 1 amide bonds. The minimum Gasteiger partial charge on any atom is -0.480 e. The van der Waals surface area contributed by atoms with E-state index in [9.17, 15) is 14.7 Å². The van der Waals surface area contributed by atoms with Crippen LogP contribution in [0.1, 0.15) is 6.92 Å². The molecule has 0 aromatic rings. The molecule has 0 rings (SSSR count). The Bertz CT molecular complexity index is 214. The summed E-state index contributed by atoms with van der Waals surface area (Å²) in [4.78, 5) is 20.7. The second kappa shape index (κ2) is 9.44. The quantitative estimate of drug-likeness (QED) is 0.445. The standard InChI is InChI=1S/C9H17NO5S/c1-2-15-3-7(12)4-16-5-8(9(13)14)10-6-11/h6-8,12H,2-5H2,1H3,(H,10,11)(H,13,14). The second-order valence-electron chi connectivity index (χ2n) is 3.03. The summed E-state index contributed by atoms with van der Waals surface area (Å²) in [5, 5.41) is 20.3. The van der Waals surface area contributed by atoms with Crippen molar-refractivity contribution in [3.05, 3.63) is 0 Å². The first kappa shape index (κ1) is 15.2. The number of ether oxygens (including phenoxy) is 1. The van der Waals surface area contributed by atoms with Crippen molar-refractivity contribution in [2.45, 2.75) is 19.1 Å². The lowest BCUT2D eigenvalue weighted by Crippen LogP contribution is -2.38. The van der Waals surface area contributed by atoms with Crippen molar-refractivity contribution in [3.8, 4) is 0 Å². The Hall–Kier alpha value is -0.790. The van der Waals surface area contributed by atoms with Crippen LogP contribution in [0.5, 0.6) is 0 Å². The van der Waals surface area contributed by atoms with E-state index >= 15 is 0 Å². The maximum atomic E-state index is 10.6. The van der Waals surface area contributed by atoms with Crippen LogP contribution in [0.3, 0.4) is 0 Å². The van der Waals surface area contributed by atoms with Gasteiger partial charge in [0.2, 0.25) is 6.41 Å². The molecule has 0 aliphatic rings. The van der Waals surface area contributed by atoms with Gasteiger partial charge < -0.3 is 20.3 Å². The Morgan fingerprint density at radius 2 is 2.25 bits per heavy atom. The summed E-state index contributed by atoms with van der Waals surface area (Å²) < 4.78 is 5.00. The van der Waals surface area contributed by atoms with E-state index in [1.165, 1.54) is 11.8 Å². The van der Waals surface area contributed by atoms with Gasteiger partial charge in [0.05, 0.1) is 12.7 Å².